The van der Waals surface area contributed by atoms with E-state index in [2.05, 4.69) is 10.4 Å². The number of nitrogens with zero attached hydrogens (tertiary/aromatic N) is 2. The van der Waals surface area contributed by atoms with E-state index in [9.17, 15) is 31.5 Å². The Morgan fingerprint density at radius 3 is 2.24 bits per heavy atom. The Bertz CT molecular complexity index is 1620. The number of carbonyl (C=O) groups excluding carboxylic acids is 2. The van der Waals surface area contributed by atoms with E-state index in [0.29, 0.717) is 18.4 Å². The van der Waals surface area contributed by atoms with Crippen LogP contribution in [0, 0.1) is 18.6 Å². The minimum atomic E-state index is -4.99. The highest BCUT2D eigenvalue weighted by molar-refractivity contribution is 6.04. The van der Waals surface area contributed by atoms with Gasteiger partial charge in [0.25, 0.3) is 0 Å². The molecule has 0 bridgehead atoms. The summed E-state index contributed by atoms with van der Waals surface area (Å²) in [5.74, 6) is -2.83. The fourth-order valence-corrected chi connectivity index (χ4v) is 4.96. The quantitative estimate of drug-likeness (QED) is 0.125. The lowest BCUT2D eigenvalue weighted by atomic mass is 9.88. The smallest absolute Gasteiger partial charge is 0.435 e. The van der Waals surface area contributed by atoms with Crippen LogP contribution in [0.25, 0.3) is 5.52 Å². The van der Waals surface area contributed by atoms with Crippen molar-refractivity contribution in [1.29, 1.82) is 0 Å². The van der Waals surface area contributed by atoms with Crippen LogP contribution in [0.5, 0.6) is 5.88 Å². The summed E-state index contributed by atoms with van der Waals surface area (Å²) in [5, 5.41) is 6.42. The Morgan fingerprint density at radius 1 is 0.956 bits per heavy atom. The van der Waals surface area contributed by atoms with E-state index in [1.165, 1.54) is 18.2 Å². The van der Waals surface area contributed by atoms with Crippen LogP contribution in [-0.2, 0) is 24.1 Å². The Balaban J connectivity index is 0.00000552. The van der Waals surface area contributed by atoms with E-state index in [0.717, 1.165) is 22.2 Å². The lowest BCUT2D eigenvalue weighted by Crippen LogP contribution is -2.46. The molecule has 1 unspecified atom stereocenters. The summed E-state index contributed by atoms with van der Waals surface area (Å²) >= 11 is 0. The first-order chi connectivity index (χ1) is 20.8. The molecule has 0 aliphatic carbocycles. The van der Waals surface area contributed by atoms with Crippen molar-refractivity contribution in [3.8, 4) is 5.88 Å². The number of benzene rings is 2. The van der Waals surface area contributed by atoms with Crippen molar-refractivity contribution < 1.29 is 41.0 Å². The number of fused-ring (bicyclic) bond motifs is 1. The maximum atomic E-state index is 14.2. The van der Waals surface area contributed by atoms with Crippen molar-refractivity contribution in [3.63, 3.8) is 0 Å². The highest BCUT2D eigenvalue weighted by Gasteiger charge is 2.41. The number of ketones is 1. The molecule has 0 saturated carbocycles. The summed E-state index contributed by atoms with van der Waals surface area (Å²) in [7, 11) is 0. The third-order valence-corrected chi connectivity index (χ3v) is 7.14. The second-order valence-electron chi connectivity index (χ2n) is 10.8. The number of alkyl halides is 3. The summed E-state index contributed by atoms with van der Waals surface area (Å²) in [5.41, 5.74) is -2.39. The number of halogens is 5. The summed E-state index contributed by atoms with van der Waals surface area (Å²) in [6, 6.07) is 15.0. The number of aryl methyl sites for hydroxylation is 1. The van der Waals surface area contributed by atoms with Crippen LogP contribution in [0.1, 0.15) is 79.7 Å². The topological polar surface area (TPSA) is 81.9 Å². The number of amides is 1. The molecule has 7 nitrogen and oxygen atoms in total. The van der Waals surface area contributed by atoms with Crippen LogP contribution in [0.2, 0.25) is 0 Å². The van der Waals surface area contributed by atoms with Crippen LogP contribution in [0.3, 0.4) is 0 Å². The van der Waals surface area contributed by atoms with Gasteiger partial charge < -0.3 is 14.8 Å². The first-order valence-electron chi connectivity index (χ1n) is 14.0. The van der Waals surface area contributed by atoms with Crippen molar-refractivity contribution >= 4 is 17.4 Å². The molecular weight excluding hydrogens is 597 g/mol. The standard InChI is InChI=1S/C32H32F5N3O4.CH4/c1-4-14-31(3,38-30(42)44-18-21-9-6-5-7-10-21)15-13-26(41)28-25-16-20(2)17-27(40(25)39-29(28)32(35,36)37)43-19-22-23(33)11-8-12-24(22)34;/h5-12,16-17H,4,13-15,18-19H2,1-3H3,(H,38,42);1H4. The number of ether oxygens (including phenoxy) is 2. The van der Waals surface area contributed by atoms with Crippen LogP contribution >= 0.6 is 0 Å². The van der Waals surface area contributed by atoms with Crippen LogP contribution in [0.15, 0.2) is 60.7 Å². The largest absolute Gasteiger partial charge is 0.473 e. The van der Waals surface area contributed by atoms with Crippen molar-refractivity contribution in [1.82, 2.24) is 14.9 Å². The predicted octanol–water partition coefficient (Wildman–Crippen LogP) is 8.60. The molecule has 4 aromatic rings. The molecule has 12 heteroatoms. The third-order valence-electron chi connectivity index (χ3n) is 7.14. The lowest BCUT2D eigenvalue weighted by Gasteiger charge is -2.30. The number of hydrogen-bond donors (Lipinski definition) is 1. The molecule has 242 valence electrons. The van der Waals surface area contributed by atoms with E-state index in [1.54, 1.807) is 38.1 Å². The average Bonchev–Trinajstić information content (AvgIpc) is 3.35. The zero-order valence-electron chi connectivity index (χ0n) is 24.4. The number of carbonyl (C=O) groups is 2. The number of alkyl carbamates (subject to hydrolysis) is 1. The van der Waals surface area contributed by atoms with Crippen LogP contribution in [0.4, 0.5) is 26.7 Å². The van der Waals surface area contributed by atoms with E-state index in [-0.39, 0.29) is 38.3 Å². The summed E-state index contributed by atoms with van der Waals surface area (Å²) in [6.07, 6.45) is -4.97. The molecule has 0 radical (unpaired) electrons. The molecule has 2 aromatic carbocycles. The minimum absolute atomic E-state index is 0. The number of hydrogen-bond acceptors (Lipinski definition) is 5. The van der Waals surface area contributed by atoms with Gasteiger partial charge in [0.2, 0.25) is 5.88 Å². The zero-order valence-corrected chi connectivity index (χ0v) is 24.4. The molecule has 2 aromatic heterocycles. The predicted molar refractivity (Wildman–Crippen MR) is 159 cm³/mol. The van der Waals surface area contributed by atoms with Gasteiger partial charge in [-0.1, -0.05) is 57.2 Å². The molecular formula is C33H36F5N3O4. The van der Waals surface area contributed by atoms with Gasteiger partial charge in [-0.3, -0.25) is 4.79 Å². The molecule has 4 rings (SSSR count). The average molecular weight is 634 g/mol. The maximum absolute atomic E-state index is 14.2. The SMILES string of the molecule is C.CCCC(C)(CCC(=O)c1c(C(F)(F)F)nn2c(OCc3c(F)cccc3F)cc(C)cc12)NC(=O)OCc1ccccc1. The van der Waals surface area contributed by atoms with Crippen LogP contribution in [-0.4, -0.2) is 27.0 Å². The van der Waals surface area contributed by atoms with Gasteiger partial charge in [-0.05, 0) is 56.0 Å². The molecule has 0 saturated heterocycles. The Hall–Kier alpha value is -4.48. The second kappa shape index (κ2) is 14.5. The van der Waals surface area contributed by atoms with Gasteiger partial charge in [0, 0.05) is 18.0 Å². The van der Waals surface area contributed by atoms with Crippen LogP contribution < -0.4 is 10.1 Å². The number of aromatic nitrogens is 2. The molecule has 45 heavy (non-hydrogen) atoms. The van der Waals surface area contributed by atoms with Gasteiger partial charge in [0.05, 0.1) is 16.6 Å². The number of Topliss-reactive ketones (excluding diaryl/α,β-unsaturated/α-hetero) is 1. The Kier molecular flexibility index (Phi) is 11.3. The number of pyridine rings is 1. The second-order valence-corrected chi connectivity index (χ2v) is 10.8. The maximum Gasteiger partial charge on any atom is 0.435 e. The first kappa shape index (κ1) is 35.0. The molecule has 0 aliphatic heterocycles. The molecule has 1 atom stereocenters. The van der Waals surface area contributed by atoms with Gasteiger partial charge in [-0.15, -0.1) is 0 Å². The molecule has 1 N–H and O–H groups in total. The van der Waals surface area contributed by atoms with Gasteiger partial charge >= 0.3 is 12.3 Å². The zero-order chi connectivity index (χ0) is 32.1. The highest BCUT2D eigenvalue weighted by atomic mass is 19.4. The Morgan fingerprint density at radius 2 is 1.62 bits per heavy atom. The highest BCUT2D eigenvalue weighted by Crippen LogP contribution is 2.36. The van der Waals surface area contributed by atoms with E-state index in [1.807, 2.05) is 13.0 Å². The molecule has 2 heterocycles. The van der Waals surface area contributed by atoms with Crippen molar-refractivity contribution in [2.45, 2.75) is 78.8 Å². The fourth-order valence-electron chi connectivity index (χ4n) is 4.96. The minimum Gasteiger partial charge on any atom is -0.473 e. The molecule has 0 spiro atoms. The van der Waals surface area contributed by atoms with Crippen molar-refractivity contribution in [2.75, 3.05) is 0 Å². The van der Waals surface area contributed by atoms with Gasteiger partial charge in [0.1, 0.15) is 24.8 Å². The van der Waals surface area contributed by atoms with Gasteiger partial charge in [-0.2, -0.15) is 22.8 Å². The molecule has 1 amide bonds. The normalized spacial score (nSPS) is 12.7. The van der Waals surface area contributed by atoms with E-state index < -0.39 is 58.7 Å². The van der Waals surface area contributed by atoms with Gasteiger partial charge in [-0.25, -0.2) is 13.6 Å². The van der Waals surface area contributed by atoms with E-state index in [4.69, 9.17) is 9.47 Å². The first-order valence-corrected chi connectivity index (χ1v) is 14.0. The van der Waals surface area contributed by atoms with Gasteiger partial charge in [0.15, 0.2) is 11.5 Å². The molecule has 0 fully saturated rings. The lowest BCUT2D eigenvalue weighted by molar-refractivity contribution is -0.141. The molecule has 0 aliphatic rings. The summed E-state index contributed by atoms with van der Waals surface area (Å²) < 4.78 is 82.5. The number of rotatable bonds is 12. The van der Waals surface area contributed by atoms with Crippen molar-refractivity contribution in [3.05, 3.63) is 100 Å². The Labute approximate surface area is 258 Å². The monoisotopic (exact) mass is 633 g/mol. The fraction of sp³-hybridized carbons (Fsp3) is 0.364. The van der Waals surface area contributed by atoms with Crippen molar-refractivity contribution in [2.24, 2.45) is 0 Å². The summed E-state index contributed by atoms with van der Waals surface area (Å²) in [4.78, 5) is 26.1. The summed E-state index contributed by atoms with van der Waals surface area (Å²) in [6.45, 7) is 4.56. The third kappa shape index (κ3) is 8.58. The number of nitrogens with one attached hydrogen (secondary N) is 1. The van der Waals surface area contributed by atoms with E-state index >= 15 is 0 Å².